The van der Waals surface area contributed by atoms with Gasteiger partial charge in [0.05, 0.1) is 58.4 Å². The summed E-state index contributed by atoms with van der Waals surface area (Å²) in [6.45, 7) is 6.24. The summed E-state index contributed by atoms with van der Waals surface area (Å²) < 4.78 is 6.02. The fraction of sp³-hybridized carbons (Fsp3) is 0.347. The van der Waals surface area contributed by atoms with E-state index in [9.17, 15) is 24.0 Å². The van der Waals surface area contributed by atoms with E-state index in [0.717, 1.165) is 99.4 Å². The molecule has 8 rings (SSSR count). The molecule has 0 radical (unpaired) electrons. The molecule has 1 atom stereocenters. The number of amides is 5. The first-order valence-corrected chi connectivity index (χ1v) is 22.7. The van der Waals surface area contributed by atoms with E-state index in [2.05, 4.69) is 60.0 Å². The second kappa shape index (κ2) is 21.4. The van der Waals surface area contributed by atoms with Crippen LogP contribution >= 0.6 is 11.6 Å². The van der Waals surface area contributed by atoms with Crippen molar-refractivity contribution in [1.82, 2.24) is 35.0 Å². The standard InChI is InChI=1S/C49H52ClN9O6/c50-39-32-52-49(56-45(39)35-15-9-14-34(28-35)33-12-5-4-6-13-33)54-37-29-36(30-51-31-37)53-42(60)18-7-2-1-3-8-21-57-23-25-58(26-24-57)22-11-27-65-41-17-10-16-38-44(41)48(64)59(47(38)63)40-19-20-43(61)55-46(40)62/h4-6,9-10,12-17,28-32,40H,1-3,7-8,11,18-27H2,(H,53,60)(H,52,54,56)(H,55,61,62). The SMILES string of the molecule is O=C1CCC(N2C(=O)c3cccc(OCCCN4CCN(CCCCCCCC(=O)Nc5cncc(Nc6ncc(Cl)c(-c7cccc(-c8ccccc8)c7)n6)c5)CC4)c3C2=O)C(=O)N1. The summed E-state index contributed by atoms with van der Waals surface area (Å²) in [7, 11) is 0. The van der Waals surface area contributed by atoms with E-state index < -0.39 is 29.7 Å². The maximum absolute atomic E-state index is 13.3. The van der Waals surface area contributed by atoms with Crippen molar-refractivity contribution in [1.29, 1.82) is 0 Å². The van der Waals surface area contributed by atoms with Gasteiger partial charge in [-0.05, 0) is 67.6 Å². The van der Waals surface area contributed by atoms with E-state index in [1.165, 1.54) is 0 Å². The number of hydrogen-bond acceptors (Lipinski definition) is 12. The minimum absolute atomic E-state index is 0.0507. The van der Waals surface area contributed by atoms with Crippen LogP contribution in [-0.2, 0) is 14.4 Å². The molecule has 16 heteroatoms. The van der Waals surface area contributed by atoms with Gasteiger partial charge in [0.2, 0.25) is 23.7 Å². The Kier molecular flexibility index (Phi) is 14.8. The average molecular weight is 898 g/mol. The van der Waals surface area contributed by atoms with Crippen LogP contribution in [0.15, 0.2) is 97.5 Å². The molecule has 65 heavy (non-hydrogen) atoms. The van der Waals surface area contributed by atoms with E-state index >= 15 is 0 Å². The molecule has 0 bridgehead atoms. The van der Waals surface area contributed by atoms with Crippen molar-refractivity contribution in [3.8, 4) is 28.1 Å². The fourth-order valence-corrected chi connectivity index (χ4v) is 8.70. The molecule has 0 saturated carbocycles. The smallest absolute Gasteiger partial charge is 0.266 e. The Morgan fingerprint density at radius 3 is 2.26 bits per heavy atom. The number of piperidine rings is 1. The van der Waals surface area contributed by atoms with Crippen molar-refractivity contribution in [2.24, 2.45) is 0 Å². The molecule has 1 unspecified atom stereocenters. The molecule has 3 N–H and O–H groups in total. The van der Waals surface area contributed by atoms with Crippen LogP contribution in [0.1, 0.15) is 78.5 Å². The Morgan fingerprint density at radius 2 is 1.46 bits per heavy atom. The minimum atomic E-state index is -1.01. The normalized spacial score (nSPS) is 16.6. The summed E-state index contributed by atoms with van der Waals surface area (Å²) in [5.74, 6) is -1.51. The molecule has 336 valence electrons. The summed E-state index contributed by atoms with van der Waals surface area (Å²) in [4.78, 5) is 82.5. The van der Waals surface area contributed by atoms with E-state index in [1.807, 2.05) is 30.3 Å². The van der Waals surface area contributed by atoms with Crippen molar-refractivity contribution >= 4 is 58.5 Å². The van der Waals surface area contributed by atoms with Crippen LogP contribution in [-0.4, -0.2) is 111 Å². The third-order valence-corrected chi connectivity index (χ3v) is 12.2. The van der Waals surface area contributed by atoms with Crippen LogP contribution in [0.25, 0.3) is 22.4 Å². The Hall–Kier alpha value is -6.55. The molecular weight excluding hydrogens is 846 g/mol. The minimum Gasteiger partial charge on any atom is -0.493 e. The van der Waals surface area contributed by atoms with Gasteiger partial charge in [-0.3, -0.25) is 39.2 Å². The number of hydrogen-bond donors (Lipinski definition) is 3. The molecule has 5 heterocycles. The maximum atomic E-state index is 13.3. The molecule has 3 aliphatic rings. The van der Waals surface area contributed by atoms with E-state index in [4.69, 9.17) is 21.3 Å². The Bertz CT molecular complexity index is 2530. The molecule has 3 aromatic carbocycles. The lowest BCUT2D eigenvalue weighted by Gasteiger charge is -2.34. The van der Waals surface area contributed by atoms with Gasteiger partial charge in [0, 0.05) is 51.1 Å². The zero-order valence-corrected chi connectivity index (χ0v) is 36.9. The highest BCUT2D eigenvalue weighted by atomic mass is 35.5. The third kappa shape index (κ3) is 11.4. The number of anilines is 3. The maximum Gasteiger partial charge on any atom is 0.266 e. The van der Waals surface area contributed by atoms with Gasteiger partial charge in [-0.2, -0.15) is 0 Å². The highest BCUT2D eigenvalue weighted by Gasteiger charge is 2.46. The Labute approximate surface area is 382 Å². The number of piperazine rings is 1. The number of carbonyl (C=O) groups excluding carboxylic acids is 5. The van der Waals surface area contributed by atoms with Gasteiger partial charge in [0.25, 0.3) is 11.8 Å². The van der Waals surface area contributed by atoms with Crippen molar-refractivity contribution < 1.29 is 28.7 Å². The van der Waals surface area contributed by atoms with Gasteiger partial charge in [-0.1, -0.05) is 85.5 Å². The lowest BCUT2D eigenvalue weighted by atomic mass is 10.0. The molecule has 15 nitrogen and oxygen atoms in total. The Morgan fingerprint density at radius 1 is 0.754 bits per heavy atom. The lowest BCUT2D eigenvalue weighted by molar-refractivity contribution is -0.136. The van der Waals surface area contributed by atoms with Crippen LogP contribution in [0, 0.1) is 0 Å². The van der Waals surface area contributed by atoms with Crippen LogP contribution in [0.2, 0.25) is 5.02 Å². The van der Waals surface area contributed by atoms with Gasteiger partial charge in [-0.25, -0.2) is 9.97 Å². The second-order valence-corrected chi connectivity index (χ2v) is 16.9. The number of nitrogens with one attached hydrogen (secondary N) is 3. The monoisotopic (exact) mass is 897 g/mol. The van der Waals surface area contributed by atoms with Crippen molar-refractivity contribution in [2.45, 2.75) is 63.8 Å². The fourth-order valence-electron chi connectivity index (χ4n) is 8.50. The number of halogens is 1. The number of nitrogens with zero attached hydrogens (tertiary/aromatic N) is 6. The number of fused-ring (bicyclic) bond motifs is 1. The molecule has 2 fully saturated rings. The van der Waals surface area contributed by atoms with Crippen molar-refractivity contribution in [3.63, 3.8) is 0 Å². The number of rotatable bonds is 19. The van der Waals surface area contributed by atoms with Crippen molar-refractivity contribution in [2.75, 3.05) is 56.5 Å². The van der Waals surface area contributed by atoms with Crippen molar-refractivity contribution in [3.05, 3.63) is 114 Å². The molecule has 5 aromatic rings. The summed E-state index contributed by atoms with van der Waals surface area (Å²) >= 11 is 6.55. The van der Waals surface area contributed by atoms with Gasteiger partial charge >= 0.3 is 0 Å². The van der Waals surface area contributed by atoms with E-state index in [0.29, 0.717) is 46.8 Å². The first-order chi connectivity index (χ1) is 31.7. The number of carbonyl (C=O) groups is 5. The second-order valence-electron chi connectivity index (χ2n) is 16.5. The van der Waals surface area contributed by atoms with Crippen LogP contribution in [0.4, 0.5) is 17.3 Å². The molecule has 2 saturated heterocycles. The predicted molar refractivity (Wildman–Crippen MR) is 248 cm³/mol. The van der Waals surface area contributed by atoms with Gasteiger partial charge in [-0.15, -0.1) is 0 Å². The summed E-state index contributed by atoms with van der Waals surface area (Å²) in [6, 6.07) is 23.9. The predicted octanol–water partition coefficient (Wildman–Crippen LogP) is 7.37. The van der Waals surface area contributed by atoms with Gasteiger partial charge in [0.15, 0.2) is 0 Å². The van der Waals surface area contributed by atoms with Gasteiger partial charge < -0.3 is 25.2 Å². The molecule has 3 aliphatic heterocycles. The molecular formula is C49H52ClN9O6. The number of unbranched alkanes of at least 4 members (excludes halogenated alkanes) is 4. The molecule has 5 amide bonds. The van der Waals surface area contributed by atoms with E-state index in [-0.39, 0.29) is 29.9 Å². The summed E-state index contributed by atoms with van der Waals surface area (Å²) in [5, 5.41) is 8.83. The first kappa shape index (κ1) is 45.0. The number of pyridine rings is 1. The zero-order chi connectivity index (χ0) is 45.1. The number of ether oxygens (including phenoxy) is 1. The molecule has 2 aromatic heterocycles. The first-order valence-electron chi connectivity index (χ1n) is 22.3. The largest absolute Gasteiger partial charge is 0.493 e. The lowest BCUT2D eigenvalue weighted by Crippen LogP contribution is -2.54. The number of imide groups is 2. The number of aromatic nitrogens is 3. The van der Waals surface area contributed by atoms with Crippen LogP contribution < -0.4 is 20.7 Å². The molecule has 0 spiro atoms. The highest BCUT2D eigenvalue weighted by molar-refractivity contribution is 6.33. The van der Waals surface area contributed by atoms with Gasteiger partial charge in [0.1, 0.15) is 11.8 Å². The van der Waals surface area contributed by atoms with Crippen LogP contribution in [0.3, 0.4) is 0 Å². The summed E-state index contributed by atoms with van der Waals surface area (Å²) in [5.41, 5.74) is 5.24. The average Bonchev–Trinajstić information content (AvgIpc) is 3.57. The quantitative estimate of drug-likeness (QED) is 0.0555. The Balaban J connectivity index is 0.685. The topological polar surface area (TPSA) is 179 Å². The van der Waals surface area contributed by atoms with E-state index in [1.54, 1.807) is 42.9 Å². The zero-order valence-electron chi connectivity index (χ0n) is 36.1. The highest BCUT2D eigenvalue weighted by Crippen LogP contribution is 2.34. The summed E-state index contributed by atoms with van der Waals surface area (Å²) in [6.07, 6.45) is 11.3. The number of benzene rings is 3. The third-order valence-electron chi connectivity index (χ3n) is 11.9. The molecule has 0 aliphatic carbocycles. The van der Waals surface area contributed by atoms with Crippen LogP contribution in [0.5, 0.6) is 5.75 Å².